The zero-order valence-electron chi connectivity index (χ0n) is 13.1. The molecule has 0 atom stereocenters. The highest BCUT2D eigenvalue weighted by Gasteiger charge is 2.27. The van der Waals surface area contributed by atoms with Gasteiger partial charge in [-0.2, -0.15) is 16.9 Å². The van der Waals surface area contributed by atoms with Crippen molar-refractivity contribution in [2.24, 2.45) is 10.2 Å². The summed E-state index contributed by atoms with van der Waals surface area (Å²) in [6.07, 6.45) is 0. The second-order valence-corrected chi connectivity index (χ2v) is 7.92. The highest BCUT2D eigenvalue weighted by atomic mass is 79.9. The molecule has 1 fully saturated rings. The van der Waals surface area contributed by atoms with E-state index >= 15 is 0 Å². The summed E-state index contributed by atoms with van der Waals surface area (Å²) in [5.74, 6) is 2.23. The third kappa shape index (κ3) is 2.74. The highest BCUT2D eigenvalue weighted by Crippen LogP contribution is 2.45. The molecule has 1 aliphatic heterocycles. The molecule has 0 aliphatic carbocycles. The predicted molar refractivity (Wildman–Crippen MR) is 103 cm³/mol. The highest BCUT2D eigenvalue weighted by molar-refractivity contribution is 9.10. The number of benzene rings is 2. The largest absolute Gasteiger partial charge is 0.493 e. The lowest BCUT2D eigenvalue weighted by molar-refractivity contribution is 0.406. The van der Waals surface area contributed by atoms with Crippen molar-refractivity contribution in [2.75, 3.05) is 11.5 Å². The molecule has 1 N–H and O–H groups in total. The fourth-order valence-electron chi connectivity index (χ4n) is 2.90. The van der Waals surface area contributed by atoms with Crippen LogP contribution in [0.15, 0.2) is 57.2 Å². The Morgan fingerprint density at radius 2 is 2.00 bits per heavy atom. The number of aryl methyl sites for hydroxylation is 1. The third-order valence-corrected chi connectivity index (χ3v) is 5.90. The molecule has 2 aromatic carbocycles. The van der Waals surface area contributed by atoms with Gasteiger partial charge in [-0.15, -0.1) is 5.11 Å². The van der Waals surface area contributed by atoms with Crippen LogP contribution in [0.4, 0.5) is 11.4 Å². The quantitative estimate of drug-likeness (QED) is 0.537. The first-order valence-electron chi connectivity index (χ1n) is 7.72. The van der Waals surface area contributed by atoms with Gasteiger partial charge in [-0.3, -0.25) is 0 Å². The molecule has 122 valence electrons. The Bertz CT molecular complexity index is 947. The molecule has 24 heavy (non-hydrogen) atoms. The maximum atomic E-state index is 10.8. The average Bonchev–Trinajstić information content (AvgIpc) is 2.76. The van der Waals surface area contributed by atoms with Gasteiger partial charge in [0.2, 0.25) is 5.88 Å². The number of hydrogen-bond acceptors (Lipinski definition) is 4. The van der Waals surface area contributed by atoms with Gasteiger partial charge in [-0.25, -0.2) is 0 Å². The number of halogens is 1. The van der Waals surface area contributed by atoms with Crippen molar-refractivity contribution >= 4 is 50.0 Å². The monoisotopic (exact) mass is 401 g/mol. The smallest absolute Gasteiger partial charge is 0.221 e. The standard InChI is InChI=1S/C18H16BrN3OS/c1-11-3-2-4-13(7-11)20-21-17-15-8-12(19)5-6-16(15)22(18(17)23)14-9-24-10-14/h2-8,14,23H,9-10H2,1H3. The Labute approximate surface area is 152 Å². The number of fused-ring (bicyclic) bond motifs is 1. The molecular formula is C18H16BrN3OS. The lowest BCUT2D eigenvalue weighted by Gasteiger charge is -2.27. The van der Waals surface area contributed by atoms with E-state index in [9.17, 15) is 5.11 Å². The SMILES string of the molecule is Cc1cccc(N=Nc2c(O)n(C3CSC3)c3ccc(Br)cc23)c1. The summed E-state index contributed by atoms with van der Waals surface area (Å²) in [4.78, 5) is 0. The van der Waals surface area contributed by atoms with E-state index in [0.29, 0.717) is 11.7 Å². The zero-order valence-corrected chi connectivity index (χ0v) is 15.5. The van der Waals surface area contributed by atoms with Crippen LogP contribution in [0.3, 0.4) is 0 Å². The van der Waals surface area contributed by atoms with Crippen molar-refractivity contribution in [2.45, 2.75) is 13.0 Å². The minimum absolute atomic E-state index is 0.199. The van der Waals surface area contributed by atoms with Gasteiger partial charge in [0.25, 0.3) is 0 Å². The maximum absolute atomic E-state index is 10.8. The van der Waals surface area contributed by atoms with Crippen LogP contribution < -0.4 is 0 Å². The van der Waals surface area contributed by atoms with Crippen LogP contribution in [0.5, 0.6) is 5.88 Å². The van der Waals surface area contributed by atoms with E-state index in [1.54, 1.807) is 0 Å². The number of nitrogens with zero attached hydrogens (tertiary/aromatic N) is 3. The van der Waals surface area contributed by atoms with Crippen LogP contribution in [0.2, 0.25) is 0 Å². The van der Waals surface area contributed by atoms with E-state index in [2.05, 4.69) is 26.2 Å². The van der Waals surface area contributed by atoms with Crippen molar-refractivity contribution in [3.63, 3.8) is 0 Å². The van der Waals surface area contributed by atoms with Crippen molar-refractivity contribution in [1.82, 2.24) is 4.57 Å². The number of azo groups is 1. The Morgan fingerprint density at radius 3 is 2.71 bits per heavy atom. The average molecular weight is 402 g/mol. The number of rotatable bonds is 3. The molecule has 1 saturated heterocycles. The van der Waals surface area contributed by atoms with Gasteiger partial charge < -0.3 is 9.67 Å². The summed E-state index contributed by atoms with van der Waals surface area (Å²) >= 11 is 5.39. The first-order chi connectivity index (χ1) is 11.6. The molecule has 0 spiro atoms. The van der Waals surface area contributed by atoms with Gasteiger partial charge in [0.15, 0.2) is 5.69 Å². The normalized spacial score (nSPS) is 15.2. The molecule has 0 saturated carbocycles. The Kier molecular flexibility index (Phi) is 4.10. The van der Waals surface area contributed by atoms with Gasteiger partial charge >= 0.3 is 0 Å². The van der Waals surface area contributed by atoms with Gasteiger partial charge in [0, 0.05) is 21.4 Å². The summed E-state index contributed by atoms with van der Waals surface area (Å²) in [5.41, 5.74) is 3.45. The van der Waals surface area contributed by atoms with Crippen molar-refractivity contribution in [1.29, 1.82) is 0 Å². The van der Waals surface area contributed by atoms with Crippen molar-refractivity contribution in [3.8, 4) is 5.88 Å². The Hall–Kier alpha value is -1.79. The fraction of sp³-hybridized carbons (Fsp3) is 0.222. The lowest BCUT2D eigenvalue weighted by Crippen LogP contribution is -2.22. The lowest BCUT2D eigenvalue weighted by atomic mass is 10.2. The van der Waals surface area contributed by atoms with E-state index in [4.69, 9.17) is 0 Å². The molecule has 1 aromatic heterocycles. The molecular weight excluding hydrogens is 386 g/mol. The molecule has 0 amide bonds. The van der Waals surface area contributed by atoms with E-state index in [-0.39, 0.29) is 5.88 Å². The number of hydrogen-bond donors (Lipinski definition) is 1. The molecule has 4 rings (SSSR count). The van der Waals surface area contributed by atoms with E-state index in [1.807, 2.05) is 65.7 Å². The molecule has 0 radical (unpaired) electrons. The Morgan fingerprint density at radius 1 is 1.17 bits per heavy atom. The molecule has 3 aromatic rings. The van der Waals surface area contributed by atoms with Crippen LogP contribution in [0, 0.1) is 6.92 Å². The van der Waals surface area contributed by atoms with Crippen molar-refractivity contribution in [3.05, 3.63) is 52.5 Å². The van der Waals surface area contributed by atoms with Crippen molar-refractivity contribution < 1.29 is 5.11 Å². The number of aromatic nitrogens is 1. The molecule has 4 nitrogen and oxygen atoms in total. The molecule has 0 bridgehead atoms. The second-order valence-electron chi connectivity index (χ2n) is 5.93. The van der Waals surface area contributed by atoms with Gasteiger partial charge in [0.1, 0.15) is 0 Å². The molecule has 0 unspecified atom stereocenters. The van der Waals surface area contributed by atoms with E-state index in [1.165, 1.54) is 0 Å². The van der Waals surface area contributed by atoms with Gasteiger partial charge in [0.05, 0.1) is 17.2 Å². The number of thioether (sulfide) groups is 1. The summed E-state index contributed by atoms with van der Waals surface area (Å²) in [6, 6.07) is 14.2. The van der Waals surface area contributed by atoms with Crippen LogP contribution in [-0.2, 0) is 0 Å². The second kappa shape index (κ2) is 6.26. The van der Waals surface area contributed by atoms with Gasteiger partial charge in [-0.1, -0.05) is 28.1 Å². The molecule has 1 aliphatic rings. The zero-order chi connectivity index (χ0) is 16.7. The minimum Gasteiger partial charge on any atom is -0.493 e. The first-order valence-corrected chi connectivity index (χ1v) is 9.67. The topological polar surface area (TPSA) is 49.9 Å². The third-order valence-electron chi connectivity index (χ3n) is 4.17. The van der Waals surface area contributed by atoms with Crippen LogP contribution >= 0.6 is 27.7 Å². The van der Waals surface area contributed by atoms with Crippen LogP contribution in [0.1, 0.15) is 11.6 Å². The summed E-state index contributed by atoms with van der Waals surface area (Å²) in [5, 5.41) is 20.4. The van der Waals surface area contributed by atoms with E-state index < -0.39 is 0 Å². The fourth-order valence-corrected chi connectivity index (χ4v) is 4.00. The van der Waals surface area contributed by atoms with Crippen LogP contribution in [-0.4, -0.2) is 21.2 Å². The molecule has 2 heterocycles. The first kappa shape index (κ1) is 15.7. The van der Waals surface area contributed by atoms with Gasteiger partial charge in [-0.05, 0) is 42.8 Å². The Balaban J connectivity index is 1.85. The van der Waals surface area contributed by atoms with Crippen LogP contribution in [0.25, 0.3) is 10.9 Å². The maximum Gasteiger partial charge on any atom is 0.221 e. The number of aromatic hydroxyl groups is 1. The summed E-state index contributed by atoms with van der Waals surface area (Å²) in [7, 11) is 0. The summed E-state index contributed by atoms with van der Waals surface area (Å²) in [6.45, 7) is 2.02. The predicted octanol–water partition coefficient (Wildman–Crippen LogP) is 6.12. The van der Waals surface area contributed by atoms with E-state index in [0.717, 1.165) is 38.1 Å². The molecule has 6 heteroatoms. The minimum atomic E-state index is 0.199. The summed E-state index contributed by atoms with van der Waals surface area (Å²) < 4.78 is 2.95.